The standard InChI is InChI=1S/C30H32FN7O/c1-6-21-11-23(16-32-15-21)38-20(4)29(19(3)35-38)26-14-28(37-9-10-39-17-18(37)2)34-30(33-26)25-12-22(31)13-27-24(25)7-8-36(27)5/h7-8,11-16,18H,6,9-10,17H2,1-5H3/t18-/m1/s1. The van der Waals surface area contributed by atoms with E-state index >= 15 is 0 Å². The molecule has 0 radical (unpaired) electrons. The zero-order valence-electron chi connectivity index (χ0n) is 22.9. The summed E-state index contributed by atoms with van der Waals surface area (Å²) in [5.74, 6) is 0.955. The van der Waals surface area contributed by atoms with Gasteiger partial charge in [-0.2, -0.15) is 5.10 Å². The smallest absolute Gasteiger partial charge is 0.162 e. The third kappa shape index (κ3) is 4.46. The molecule has 5 aromatic rings. The Hall–Kier alpha value is -4.11. The van der Waals surface area contributed by atoms with Gasteiger partial charge in [-0.15, -0.1) is 0 Å². The molecular formula is C30H32FN7O. The van der Waals surface area contributed by atoms with Gasteiger partial charge in [-0.1, -0.05) is 6.92 Å². The van der Waals surface area contributed by atoms with E-state index in [0.717, 1.165) is 57.0 Å². The van der Waals surface area contributed by atoms with Crippen LogP contribution < -0.4 is 4.90 Å². The van der Waals surface area contributed by atoms with Crippen molar-refractivity contribution in [3.05, 3.63) is 71.7 Å². The number of morpholine rings is 1. The minimum atomic E-state index is -0.321. The quantitative estimate of drug-likeness (QED) is 0.305. The van der Waals surface area contributed by atoms with Gasteiger partial charge in [0.15, 0.2) is 5.82 Å². The highest BCUT2D eigenvalue weighted by Crippen LogP contribution is 2.35. The molecule has 200 valence electrons. The van der Waals surface area contributed by atoms with Gasteiger partial charge >= 0.3 is 0 Å². The van der Waals surface area contributed by atoms with Gasteiger partial charge in [-0.05, 0) is 57.0 Å². The Labute approximate surface area is 227 Å². The molecule has 1 aliphatic rings. The van der Waals surface area contributed by atoms with Crippen LogP contribution >= 0.6 is 0 Å². The Morgan fingerprint density at radius 1 is 1.10 bits per heavy atom. The predicted molar refractivity (Wildman–Crippen MR) is 151 cm³/mol. The maximum atomic E-state index is 14.8. The Balaban J connectivity index is 1.57. The SMILES string of the molecule is CCc1cncc(-n2nc(C)c(-c3cc(N4CCOC[C@H]4C)nc(-c4cc(F)cc5c4ccn5C)n3)c2C)c1. The molecule has 0 amide bonds. The van der Waals surface area contributed by atoms with E-state index < -0.39 is 0 Å². The van der Waals surface area contributed by atoms with Crippen LogP contribution in [0.1, 0.15) is 30.8 Å². The van der Waals surface area contributed by atoms with Crippen molar-refractivity contribution in [2.75, 3.05) is 24.7 Å². The van der Waals surface area contributed by atoms with E-state index in [1.165, 1.54) is 6.07 Å². The number of pyridine rings is 1. The summed E-state index contributed by atoms with van der Waals surface area (Å²) in [6.07, 6.45) is 6.53. The molecule has 0 bridgehead atoms. The van der Waals surface area contributed by atoms with Gasteiger partial charge in [0, 0.05) is 48.6 Å². The minimum Gasteiger partial charge on any atom is -0.377 e. The van der Waals surface area contributed by atoms with E-state index in [-0.39, 0.29) is 11.9 Å². The zero-order valence-corrected chi connectivity index (χ0v) is 22.9. The number of aryl methyl sites for hydroxylation is 3. The van der Waals surface area contributed by atoms with Crippen molar-refractivity contribution in [1.82, 2.24) is 29.3 Å². The molecule has 9 heteroatoms. The summed E-state index contributed by atoms with van der Waals surface area (Å²) in [5.41, 5.74) is 7.01. The summed E-state index contributed by atoms with van der Waals surface area (Å²) >= 11 is 0. The van der Waals surface area contributed by atoms with Gasteiger partial charge in [0.05, 0.1) is 53.7 Å². The van der Waals surface area contributed by atoms with Crippen molar-refractivity contribution < 1.29 is 9.13 Å². The Kier molecular flexibility index (Phi) is 6.38. The van der Waals surface area contributed by atoms with E-state index in [0.29, 0.717) is 31.1 Å². The van der Waals surface area contributed by atoms with E-state index in [2.05, 4.69) is 29.8 Å². The molecule has 8 nitrogen and oxygen atoms in total. The van der Waals surface area contributed by atoms with Crippen LogP contribution in [0.2, 0.25) is 0 Å². The first-order valence-electron chi connectivity index (χ1n) is 13.3. The number of nitrogens with zero attached hydrogens (tertiary/aromatic N) is 7. The third-order valence-electron chi connectivity index (χ3n) is 7.56. The highest BCUT2D eigenvalue weighted by atomic mass is 19.1. The molecule has 6 rings (SSSR count). The van der Waals surface area contributed by atoms with Crippen molar-refractivity contribution in [3.63, 3.8) is 0 Å². The number of anilines is 1. The van der Waals surface area contributed by atoms with Gasteiger partial charge in [0.2, 0.25) is 0 Å². The van der Waals surface area contributed by atoms with Crippen molar-refractivity contribution in [2.45, 2.75) is 40.2 Å². The van der Waals surface area contributed by atoms with E-state index in [1.807, 2.05) is 60.9 Å². The summed E-state index contributed by atoms with van der Waals surface area (Å²) in [4.78, 5) is 16.7. The van der Waals surface area contributed by atoms with Crippen LogP contribution in [0.15, 0.2) is 48.9 Å². The number of fused-ring (bicyclic) bond motifs is 1. The third-order valence-corrected chi connectivity index (χ3v) is 7.56. The predicted octanol–water partition coefficient (Wildman–Crippen LogP) is 5.43. The normalized spacial score (nSPS) is 15.8. The van der Waals surface area contributed by atoms with Crippen LogP contribution in [0, 0.1) is 19.7 Å². The molecule has 1 atom stereocenters. The van der Waals surface area contributed by atoms with Crippen LogP contribution in [0.3, 0.4) is 0 Å². The van der Waals surface area contributed by atoms with Gasteiger partial charge in [0.25, 0.3) is 0 Å². The van der Waals surface area contributed by atoms with Crippen molar-refractivity contribution >= 4 is 16.7 Å². The first-order valence-corrected chi connectivity index (χ1v) is 13.3. The van der Waals surface area contributed by atoms with E-state index in [9.17, 15) is 4.39 Å². The fraction of sp³-hybridized carbons (Fsp3) is 0.333. The summed E-state index contributed by atoms with van der Waals surface area (Å²) in [6, 6.07) is 9.34. The van der Waals surface area contributed by atoms with Crippen molar-refractivity contribution in [2.24, 2.45) is 7.05 Å². The van der Waals surface area contributed by atoms with E-state index in [4.69, 9.17) is 19.8 Å². The molecule has 0 saturated carbocycles. The lowest BCUT2D eigenvalue weighted by atomic mass is 10.1. The monoisotopic (exact) mass is 525 g/mol. The highest BCUT2D eigenvalue weighted by Gasteiger charge is 2.25. The largest absolute Gasteiger partial charge is 0.377 e. The molecule has 5 heterocycles. The topological polar surface area (TPSA) is 73.9 Å². The van der Waals surface area contributed by atoms with Gasteiger partial charge in [0.1, 0.15) is 11.6 Å². The second-order valence-corrected chi connectivity index (χ2v) is 10.2. The lowest BCUT2D eigenvalue weighted by Gasteiger charge is -2.34. The molecule has 1 aromatic carbocycles. The van der Waals surface area contributed by atoms with Crippen LogP contribution in [0.5, 0.6) is 0 Å². The van der Waals surface area contributed by atoms with Gasteiger partial charge in [-0.3, -0.25) is 4.98 Å². The summed E-state index contributed by atoms with van der Waals surface area (Å²) in [7, 11) is 1.91. The van der Waals surface area contributed by atoms with Gasteiger partial charge < -0.3 is 14.2 Å². The van der Waals surface area contributed by atoms with Crippen LogP contribution in [-0.2, 0) is 18.2 Å². The molecule has 1 fully saturated rings. The van der Waals surface area contributed by atoms with Crippen LogP contribution in [0.25, 0.3) is 39.2 Å². The molecular weight excluding hydrogens is 493 g/mol. The number of benzene rings is 1. The van der Waals surface area contributed by atoms with Crippen LogP contribution in [0.4, 0.5) is 10.2 Å². The number of hydrogen-bond acceptors (Lipinski definition) is 6. The summed E-state index contributed by atoms with van der Waals surface area (Å²) < 4.78 is 24.4. The maximum Gasteiger partial charge on any atom is 0.162 e. The first-order chi connectivity index (χ1) is 18.8. The Morgan fingerprint density at radius 2 is 1.95 bits per heavy atom. The first kappa shape index (κ1) is 25.2. The fourth-order valence-corrected chi connectivity index (χ4v) is 5.47. The molecule has 0 unspecified atom stereocenters. The average molecular weight is 526 g/mol. The zero-order chi connectivity index (χ0) is 27.3. The van der Waals surface area contributed by atoms with Crippen molar-refractivity contribution in [1.29, 1.82) is 0 Å². The molecule has 0 N–H and O–H groups in total. The molecule has 0 aliphatic carbocycles. The second-order valence-electron chi connectivity index (χ2n) is 10.2. The number of aromatic nitrogens is 6. The molecule has 0 spiro atoms. The molecule has 1 saturated heterocycles. The lowest BCUT2D eigenvalue weighted by molar-refractivity contribution is 0.0985. The molecule has 1 aliphatic heterocycles. The van der Waals surface area contributed by atoms with Crippen LogP contribution in [-0.4, -0.2) is 55.1 Å². The summed E-state index contributed by atoms with van der Waals surface area (Å²) in [6.45, 7) is 10.2. The number of ether oxygens (including phenoxy) is 1. The average Bonchev–Trinajstić information content (AvgIpc) is 3.46. The maximum absolute atomic E-state index is 14.8. The number of halogens is 1. The molecule has 4 aromatic heterocycles. The van der Waals surface area contributed by atoms with Gasteiger partial charge in [-0.25, -0.2) is 19.0 Å². The number of rotatable bonds is 5. The summed E-state index contributed by atoms with van der Waals surface area (Å²) in [5, 5.41) is 5.78. The lowest BCUT2D eigenvalue weighted by Crippen LogP contribution is -2.44. The molecule has 39 heavy (non-hydrogen) atoms. The highest BCUT2D eigenvalue weighted by molar-refractivity contribution is 5.94. The minimum absolute atomic E-state index is 0.145. The second kappa shape index (κ2) is 9.89. The Morgan fingerprint density at radius 3 is 2.74 bits per heavy atom. The van der Waals surface area contributed by atoms with Crippen molar-refractivity contribution in [3.8, 4) is 28.3 Å². The fourth-order valence-electron chi connectivity index (χ4n) is 5.47. The van der Waals surface area contributed by atoms with E-state index in [1.54, 1.807) is 6.07 Å². The number of hydrogen-bond donors (Lipinski definition) is 0. The Bertz CT molecular complexity index is 1690.